The Morgan fingerprint density at radius 1 is 1.50 bits per heavy atom. The molecule has 1 fully saturated rings. The SMILES string of the molecule is CCCNc1ccc(S(=O)(=O)N2CCC(CO)C2)cn1. The van der Waals surface area contributed by atoms with Gasteiger partial charge in [0.25, 0.3) is 0 Å². The minimum absolute atomic E-state index is 0.0319. The fourth-order valence-corrected chi connectivity index (χ4v) is 3.68. The maximum absolute atomic E-state index is 12.4. The van der Waals surface area contributed by atoms with Crippen molar-refractivity contribution >= 4 is 15.8 Å². The Hall–Kier alpha value is -1.18. The average molecular weight is 299 g/mol. The molecule has 112 valence electrons. The molecule has 1 atom stereocenters. The molecule has 1 aromatic rings. The van der Waals surface area contributed by atoms with Gasteiger partial charge in [-0.2, -0.15) is 4.31 Å². The van der Waals surface area contributed by atoms with Gasteiger partial charge in [0.05, 0.1) is 0 Å². The van der Waals surface area contributed by atoms with E-state index in [1.807, 2.05) is 0 Å². The summed E-state index contributed by atoms with van der Waals surface area (Å²) in [7, 11) is -3.49. The number of nitrogens with zero attached hydrogens (tertiary/aromatic N) is 2. The van der Waals surface area contributed by atoms with Gasteiger partial charge >= 0.3 is 0 Å². The Morgan fingerprint density at radius 3 is 2.85 bits per heavy atom. The zero-order valence-electron chi connectivity index (χ0n) is 11.6. The molecule has 1 aromatic heterocycles. The van der Waals surface area contributed by atoms with Crippen molar-refractivity contribution in [2.24, 2.45) is 5.92 Å². The zero-order valence-corrected chi connectivity index (χ0v) is 12.4. The van der Waals surface area contributed by atoms with Gasteiger partial charge in [0, 0.05) is 32.4 Å². The van der Waals surface area contributed by atoms with Crippen LogP contribution >= 0.6 is 0 Å². The minimum Gasteiger partial charge on any atom is -0.396 e. The first-order valence-corrected chi connectivity index (χ1v) is 8.33. The Morgan fingerprint density at radius 2 is 2.30 bits per heavy atom. The average Bonchev–Trinajstić information content (AvgIpc) is 2.95. The van der Waals surface area contributed by atoms with E-state index in [1.54, 1.807) is 12.1 Å². The molecule has 2 N–H and O–H groups in total. The third-order valence-electron chi connectivity index (χ3n) is 3.44. The molecule has 1 aliphatic heterocycles. The number of hydrogen-bond donors (Lipinski definition) is 2. The maximum Gasteiger partial charge on any atom is 0.244 e. The van der Waals surface area contributed by atoms with Crippen LogP contribution in [0.3, 0.4) is 0 Å². The number of nitrogens with one attached hydrogen (secondary N) is 1. The molecule has 2 rings (SSSR count). The van der Waals surface area contributed by atoms with Crippen LogP contribution in [0.2, 0.25) is 0 Å². The molecule has 0 saturated carbocycles. The predicted octanol–water partition coefficient (Wildman–Crippen LogP) is 0.906. The zero-order chi connectivity index (χ0) is 14.6. The van der Waals surface area contributed by atoms with Gasteiger partial charge < -0.3 is 10.4 Å². The first kappa shape index (κ1) is 15.2. The van der Waals surface area contributed by atoms with E-state index < -0.39 is 10.0 Å². The second-order valence-corrected chi connectivity index (χ2v) is 6.94. The van der Waals surface area contributed by atoms with Gasteiger partial charge in [-0.1, -0.05) is 6.92 Å². The monoisotopic (exact) mass is 299 g/mol. The lowest BCUT2D eigenvalue weighted by molar-refractivity contribution is 0.233. The maximum atomic E-state index is 12.4. The second-order valence-electron chi connectivity index (χ2n) is 5.01. The standard InChI is InChI=1S/C13H21N3O3S/c1-2-6-14-13-4-3-12(8-15-13)20(18,19)16-7-5-11(9-16)10-17/h3-4,8,11,17H,2,5-7,9-10H2,1H3,(H,14,15). The van der Waals surface area contributed by atoms with E-state index in [-0.39, 0.29) is 17.4 Å². The summed E-state index contributed by atoms with van der Waals surface area (Å²) < 4.78 is 26.2. The molecule has 7 heteroatoms. The number of aliphatic hydroxyl groups is 1. The van der Waals surface area contributed by atoms with E-state index in [9.17, 15) is 8.42 Å². The summed E-state index contributed by atoms with van der Waals surface area (Å²) in [6.45, 7) is 3.74. The fraction of sp³-hybridized carbons (Fsp3) is 0.615. The van der Waals surface area contributed by atoms with E-state index in [4.69, 9.17) is 5.11 Å². The van der Waals surface area contributed by atoms with Crippen molar-refractivity contribution in [1.82, 2.24) is 9.29 Å². The quantitative estimate of drug-likeness (QED) is 0.816. The molecule has 0 bridgehead atoms. The van der Waals surface area contributed by atoms with Crippen LogP contribution in [-0.2, 0) is 10.0 Å². The smallest absolute Gasteiger partial charge is 0.244 e. The summed E-state index contributed by atoms with van der Waals surface area (Å²) in [5.74, 6) is 0.726. The van der Waals surface area contributed by atoms with Crippen molar-refractivity contribution in [3.63, 3.8) is 0 Å². The number of sulfonamides is 1. The van der Waals surface area contributed by atoms with Gasteiger partial charge in [-0.15, -0.1) is 0 Å². The Balaban J connectivity index is 2.10. The molecule has 1 aliphatic rings. The van der Waals surface area contributed by atoms with Crippen LogP contribution < -0.4 is 5.32 Å². The lowest BCUT2D eigenvalue weighted by atomic mass is 10.1. The number of aromatic nitrogens is 1. The molecular formula is C13H21N3O3S. The summed E-state index contributed by atoms with van der Waals surface area (Å²) in [6.07, 6.45) is 3.08. The minimum atomic E-state index is -3.49. The van der Waals surface area contributed by atoms with E-state index >= 15 is 0 Å². The highest BCUT2D eigenvalue weighted by molar-refractivity contribution is 7.89. The largest absolute Gasteiger partial charge is 0.396 e. The van der Waals surface area contributed by atoms with Gasteiger partial charge in [-0.3, -0.25) is 0 Å². The van der Waals surface area contributed by atoms with Crippen LogP contribution in [-0.4, -0.2) is 49.1 Å². The Labute approximate surface area is 119 Å². The number of aliphatic hydroxyl groups excluding tert-OH is 1. The van der Waals surface area contributed by atoms with Gasteiger partial charge in [0.1, 0.15) is 10.7 Å². The first-order valence-electron chi connectivity index (χ1n) is 6.89. The molecule has 1 unspecified atom stereocenters. The van der Waals surface area contributed by atoms with Crippen molar-refractivity contribution in [3.8, 4) is 0 Å². The van der Waals surface area contributed by atoms with E-state index in [0.29, 0.717) is 25.3 Å². The summed E-state index contributed by atoms with van der Waals surface area (Å²) in [5, 5.41) is 12.2. The molecule has 0 spiro atoms. The second kappa shape index (κ2) is 6.51. The van der Waals surface area contributed by atoms with E-state index in [2.05, 4.69) is 17.2 Å². The van der Waals surface area contributed by atoms with Crippen molar-refractivity contribution < 1.29 is 13.5 Å². The third kappa shape index (κ3) is 3.28. The molecule has 20 heavy (non-hydrogen) atoms. The first-order chi connectivity index (χ1) is 9.57. The van der Waals surface area contributed by atoms with Gasteiger partial charge in [0.2, 0.25) is 10.0 Å². The summed E-state index contributed by atoms with van der Waals surface area (Å²) in [6, 6.07) is 3.26. The predicted molar refractivity (Wildman–Crippen MR) is 77.0 cm³/mol. The van der Waals surface area contributed by atoms with Crippen LogP contribution in [0, 0.1) is 5.92 Å². The molecule has 0 amide bonds. The molecule has 2 heterocycles. The van der Waals surface area contributed by atoms with Crippen LogP contribution in [0.5, 0.6) is 0 Å². The van der Waals surface area contributed by atoms with Crippen molar-refractivity contribution in [1.29, 1.82) is 0 Å². The summed E-state index contributed by atoms with van der Waals surface area (Å²) in [4.78, 5) is 4.33. The van der Waals surface area contributed by atoms with Crippen LogP contribution in [0.15, 0.2) is 23.2 Å². The third-order valence-corrected chi connectivity index (χ3v) is 5.29. The normalized spacial score (nSPS) is 20.2. The highest BCUT2D eigenvalue weighted by Crippen LogP contribution is 2.24. The molecular weight excluding hydrogens is 278 g/mol. The van der Waals surface area contributed by atoms with Crippen LogP contribution in [0.4, 0.5) is 5.82 Å². The van der Waals surface area contributed by atoms with Crippen molar-refractivity contribution in [3.05, 3.63) is 18.3 Å². The molecule has 1 saturated heterocycles. The van der Waals surface area contributed by atoms with E-state index in [1.165, 1.54) is 10.5 Å². The molecule has 0 aliphatic carbocycles. The molecule has 6 nitrogen and oxygen atoms in total. The molecule has 0 radical (unpaired) electrons. The van der Waals surface area contributed by atoms with Crippen molar-refractivity contribution in [2.75, 3.05) is 31.6 Å². The highest BCUT2D eigenvalue weighted by Gasteiger charge is 2.32. The number of hydrogen-bond acceptors (Lipinski definition) is 5. The topological polar surface area (TPSA) is 82.5 Å². The summed E-state index contributed by atoms with van der Waals surface area (Å²) in [5.41, 5.74) is 0. The Bertz CT molecular complexity index is 530. The van der Waals surface area contributed by atoms with Gasteiger partial charge in [-0.25, -0.2) is 13.4 Å². The lowest BCUT2D eigenvalue weighted by Gasteiger charge is -2.16. The van der Waals surface area contributed by atoms with Crippen molar-refractivity contribution in [2.45, 2.75) is 24.7 Å². The number of anilines is 1. The van der Waals surface area contributed by atoms with Gasteiger partial charge in [-0.05, 0) is 30.9 Å². The Kier molecular flexibility index (Phi) is 4.95. The summed E-state index contributed by atoms with van der Waals surface area (Å²) >= 11 is 0. The molecule has 0 aromatic carbocycles. The van der Waals surface area contributed by atoms with Crippen LogP contribution in [0.1, 0.15) is 19.8 Å². The highest BCUT2D eigenvalue weighted by atomic mass is 32.2. The van der Waals surface area contributed by atoms with E-state index in [0.717, 1.165) is 13.0 Å². The number of rotatable bonds is 6. The lowest BCUT2D eigenvalue weighted by Crippen LogP contribution is -2.29. The number of pyridine rings is 1. The van der Waals surface area contributed by atoms with Gasteiger partial charge in [0.15, 0.2) is 0 Å². The fourth-order valence-electron chi connectivity index (χ4n) is 2.20. The van der Waals surface area contributed by atoms with Crippen LogP contribution in [0.25, 0.3) is 0 Å².